The lowest BCUT2D eigenvalue weighted by Gasteiger charge is -2.29. The topological polar surface area (TPSA) is 52.6 Å². The van der Waals surface area contributed by atoms with Crippen molar-refractivity contribution in [3.05, 3.63) is 59.7 Å². The number of unbranched alkanes of at least 4 members (excludes halogenated alkanes) is 1. The summed E-state index contributed by atoms with van der Waals surface area (Å²) in [6, 6.07) is 7.70. The second kappa shape index (κ2) is 12.5. The zero-order valence-electron chi connectivity index (χ0n) is 18.3. The number of benzene rings is 1. The minimum atomic E-state index is -4.89. The Morgan fingerprint density at radius 1 is 0.909 bits per heavy atom. The number of ether oxygens (including phenoxy) is 2. The Hall–Kier alpha value is -2.78. The molecule has 10 heteroatoms. The van der Waals surface area contributed by atoms with E-state index in [2.05, 4.69) is 9.47 Å². The maximum Gasteiger partial charge on any atom is 0.422 e. The summed E-state index contributed by atoms with van der Waals surface area (Å²) in [5.41, 5.74) is -1.55. The molecule has 0 saturated heterocycles. The Balaban J connectivity index is 3.41. The van der Waals surface area contributed by atoms with Gasteiger partial charge in [0.05, 0.1) is 0 Å². The number of alkyl halides is 6. The van der Waals surface area contributed by atoms with Crippen LogP contribution in [-0.4, -0.2) is 37.5 Å². The van der Waals surface area contributed by atoms with E-state index in [0.717, 1.165) is 12.8 Å². The third-order valence-electron chi connectivity index (χ3n) is 4.47. The summed E-state index contributed by atoms with van der Waals surface area (Å²) < 4.78 is 84.6. The van der Waals surface area contributed by atoms with Gasteiger partial charge in [-0.3, -0.25) is 9.59 Å². The van der Waals surface area contributed by atoms with Gasteiger partial charge < -0.3 is 9.47 Å². The first kappa shape index (κ1) is 28.3. The molecule has 1 aromatic carbocycles. The molecule has 1 rings (SSSR count). The molecule has 0 aliphatic rings. The van der Waals surface area contributed by atoms with Gasteiger partial charge in [0.15, 0.2) is 18.6 Å². The molecule has 0 saturated carbocycles. The molecule has 1 aromatic rings. The highest BCUT2D eigenvalue weighted by molar-refractivity contribution is 6.00. The Kier molecular flexibility index (Phi) is 10.7. The number of carbonyl (C=O) groups is 2. The van der Waals surface area contributed by atoms with Crippen LogP contribution in [0.4, 0.5) is 26.3 Å². The van der Waals surface area contributed by atoms with Crippen LogP contribution in [0.3, 0.4) is 0 Å². The summed E-state index contributed by atoms with van der Waals surface area (Å²) in [4.78, 5) is 25.6. The van der Waals surface area contributed by atoms with Gasteiger partial charge in [0.25, 0.3) is 0 Å². The molecule has 0 spiro atoms. The van der Waals surface area contributed by atoms with Crippen molar-refractivity contribution in [3.8, 4) is 0 Å². The molecule has 4 nitrogen and oxygen atoms in total. The van der Waals surface area contributed by atoms with E-state index in [9.17, 15) is 35.9 Å². The van der Waals surface area contributed by atoms with E-state index in [1.165, 1.54) is 18.2 Å². The predicted molar refractivity (Wildman–Crippen MR) is 109 cm³/mol. The molecular formula is C23H26F6O4. The Bertz CT molecular complexity index is 796. The van der Waals surface area contributed by atoms with Gasteiger partial charge in [0, 0.05) is 0 Å². The number of esters is 2. The zero-order chi connectivity index (χ0) is 25.1. The van der Waals surface area contributed by atoms with Gasteiger partial charge >= 0.3 is 24.3 Å². The van der Waals surface area contributed by atoms with Gasteiger partial charge in [-0.05, 0) is 31.7 Å². The molecule has 33 heavy (non-hydrogen) atoms. The second-order valence-electron chi connectivity index (χ2n) is 7.47. The van der Waals surface area contributed by atoms with E-state index in [4.69, 9.17) is 0 Å². The van der Waals surface area contributed by atoms with E-state index in [1.807, 2.05) is 13.0 Å². The summed E-state index contributed by atoms with van der Waals surface area (Å²) >= 11 is 0. The monoisotopic (exact) mass is 480 g/mol. The lowest BCUT2D eigenvalue weighted by molar-refractivity contribution is -0.206. The van der Waals surface area contributed by atoms with Crippen LogP contribution < -0.4 is 0 Å². The molecule has 0 aliphatic heterocycles. The standard InChI is InChI=1S/C23H26F6O4/c1-3-4-6-9-17(2)12-13-21(14-18-10-7-5-8-11-18,19(30)32-15-22(24,25)26)20(31)33-16-23(27,28)29/h5-12H,3-4,13-16H2,1-2H3/b9-6+,17-12+. The van der Waals surface area contributed by atoms with E-state index in [1.54, 1.807) is 31.2 Å². The molecule has 184 valence electrons. The molecule has 0 fully saturated rings. The fourth-order valence-corrected chi connectivity index (χ4v) is 2.82. The number of carbonyl (C=O) groups excluding carboxylic acids is 2. The van der Waals surface area contributed by atoms with Crippen molar-refractivity contribution in [1.82, 2.24) is 0 Å². The van der Waals surface area contributed by atoms with E-state index < -0.39 is 55.8 Å². The molecule has 0 N–H and O–H groups in total. The molecule has 0 heterocycles. The fraction of sp³-hybridized carbons (Fsp3) is 0.478. The predicted octanol–water partition coefficient (Wildman–Crippen LogP) is 6.12. The van der Waals surface area contributed by atoms with E-state index in [0.29, 0.717) is 11.1 Å². The molecule has 0 aliphatic carbocycles. The Labute approximate surface area is 188 Å². The maximum atomic E-state index is 12.8. The van der Waals surface area contributed by atoms with E-state index >= 15 is 0 Å². The van der Waals surface area contributed by atoms with Crippen molar-refractivity contribution in [2.75, 3.05) is 13.2 Å². The van der Waals surface area contributed by atoms with Crippen molar-refractivity contribution >= 4 is 11.9 Å². The van der Waals surface area contributed by atoms with Crippen molar-refractivity contribution in [3.63, 3.8) is 0 Å². The van der Waals surface area contributed by atoms with Crippen LogP contribution in [-0.2, 0) is 25.5 Å². The van der Waals surface area contributed by atoms with Crippen molar-refractivity contribution < 1.29 is 45.4 Å². The summed E-state index contributed by atoms with van der Waals surface area (Å²) in [6.07, 6.45) is -4.33. The second-order valence-corrected chi connectivity index (χ2v) is 7.47. The summed E-state index contributed by atoms with van der Waals surface area (Å²) in [7, 11) is 0. The van der Waals surface area contributed by atoms with Gasteiger partial charge in [-0.25, -0.2) is 0 Å². The average Bonchev–Trinajstić information content (AvgIpc) is 2.73. The number of halogens is 6. The Morgan fingerprint density at radius 3 is 1.88 bits per heavy atom. The lowest BCUT2D eigenvalue weighted by Crippen LogP contribution is -2.45. The molecule has 0 bridgehead atoms. The van der Waals surface area contributed by atoms with Gasteiger partial charge in [0.1, 0.15) is 0 Å². The SMILES string of the molecule is CCC/C=C/C(C)=C/CC(Cc1ccccc1)(C(=O)OCC(F)(F)F)C(=O)OCC(F)(F)F. The first-order valence-corrected chi connectivity index (χ1v) is 10.1. The van der Waals surface area contributed by atoms with Gasteiger partial charge in [-0.2, -0.15) is 26.3 Å². The van der Waals surface area contributed by atoms with E-state index in [-0.39, 0.29) is 0 Å². The van der Waals surface area contributed by atoms with Crippen molar-refractivity contribution in [1.29, 1.82) is 0 Å². The molecule has 0 atom stereocenters. The summed E-state index contributed by atoms with van der Waals surface area (Å²) in [5, 5.41) is 0. The molecule has 0 amide bonds. The number of allylic oxidation sites excluding steroid dienone is 4. The lowest BCUT2D eigenvalue weighted by atomic mass is 9.78. The third kappa shape index (κ3) is 10.6. The highest BCUT2D eigenvalue weighted by atomic mass is 19.4. The summed E-state index contributed by atoms with van der Waals surface area (Å²) in [5.74, 6) is -3.23. The minimum absolute atomic E-state index is 0.331. The zero-order valence-corrected chi connectivity index (χ0v) is 18.3. The number of rotatable bonds is 11. The van der Waals surface area contributed by atoms with Crippen LogP contribution in [0.5, 0.6) is 0 Å². The molecule has 0 radical (unpaired) electrons. The molecule has 0 unspecified atom stereocenters. The van der Waals surface area contributed by atoms with Gasteiger partial charge in [0.2, 0.25) is 0 Å². The van der Waals surface area contributed by atoms with Crippen molar-refractivity contribution in [2.45, 2.75) is 51.9 Å². The average molecular weight is 480 g/mol. The van der Waals surface area contributed by atoms with Crippen LogP contribution >= 0.6 is 0 Å². The largest absolute Gasteiger partial charge is 0.455 e. The quantitative estimate of drug-likeness (QED) is 0.166. The summed E-state index contributed by atoms with van der Waals surface area (Å²) in [6.45, 7) is -0.412. The van der Waals surface area contributed by atoms with Crippen LogP contribution in [0.15, 0.2) is 54.1 Å². The highest BCUT2D eigenvalue weighted by Gasteiger charge is 2.50. The Morgan fingerprint density at radius 2 is 1.42 bits per heavy atom. The smallest absolute Gasteiger partial charge is 0.422 e. The van der Waals surface area contributed by atoms with Crippen LogP contribution in [0.25, 0.3) is 0 Å². The third-order valence-corrected chi connectivity index (χ3v) is 4.47. The highest BCUT2D eigenvalue weighted by Crippen LogP contribution is 2.34. The number of hydrogen-bond donors (Lipinski definition) is 0. The van der Waals surface area contributed by atoms with Crippen LogP contribution in [0.1, 0.15) is 38.7 Å². The fourth-order valence-electron chi connectivity index (χ4n) is 2.82. The maximum absolute atomic E-state index is 12.8. The van der Waals surface area contributed by atoms with Gasteiger partial charge in [-0.1, -0.05) is 67.5 Å². The van der Waals surface area contributed by atoms with Crippen molar-refractivity contribution in [2.24, 2.45) is 5.41 Å². The molecule has 0 aromatic heterocycles. The number of hydrogen-bond acceptors (Lipinski definition) is 4. The first-order valence-electron chi connectivity index (χ1n) is 10.1. The molecular weight excluding hydrogens is 454 g/mol. The minimum Gasteiger partial charge on any atom is -0.455 e. The van der Waals surface area contributed by atoms with Gasteiger partial charge in [-0.15, -0.1) is 0 Å². The first-order chi connectivity index (χ1) is 15.3. The van der Waals surface area contributed by atoms with Crippen LogP contribution in [0.2, 0.25) is 0 Å². The normalized spacial score (nSPS) is 13.3. The van der Waals surface area contributed by atoms with Crippen LogP contribution in [0, 0.1) is 5.41 Å².